The first kappa shape index (κ1) is 48.5. The molecule has 10 rings (SSSR count). The lowest BCUT2D eigenvalue weighted by Gasteiger charge is -2.31. The van der Waals surface area contributed by atoms with Crippen LogP contribution in [0.15, 0.2) is 182 Å². The largest absolute Gasteiger partial charge is 0.310 e. The zero-order valence-electron chi connectivity index (χ0n) is 43.7. The van der Waals surface area contributed by atoms with Crippen LogP contribution in [0.3, 0.4) is 0 Å². The highest BCUT2D eigenvalue weighted by atomic mass is 15.1. The summed E-state index contributed by atoms with van der Waals surface area (Å²) in [5, 5.41) is 7.61. The average molecular weight is 941 g/mol. The first-order chi connectivity index (χ1) is 35.3. The van der Waals surface area contributed by atoms with Gasteiger partial charge in [-0.05, 0) is 181 Å². The molecule has 362 valence electrons. The predicted molar refractivity (Wildman–Crippen MR) is 314 cm³/mol. The Kier molecular flexibility index (Phi) is 14.9. The van der Waals surface area contributed by atoms with Gasteiger partial charge in [-0.25, -0.2) is 0 Å². The van der Waals surface area contributed by atoms with E-state index in [4.69, 9.17) is 0 Å². The van der Waals surface area contributed by atoms with E-state index in [1.54, 1.807) is 0 Å². The maximum atomic E-state index is 2.52. The van der Waals surface area contributed by atoms with Crippen molar-refractivity contribution in [3.05, 3.63) is 215 Å². The fraction of sp³-hybridized carbons (Fsp3) is 0.257. The van der Waals surface area contributed by atoms with Gasteiger partial charge in [0.05, 0.1) is 11.4 Å². The summed E-state index contributed by atoms with van der Waals surface area (Å²) in [6.45, 7) is 13.5. The topological polar surface area (TPSA) is 6.48 Å². The van der Waals surface area contributed by atoms with E-state index in [2.05, 4.69) is 233 Å². The first-order valence-electron chi connectivity index (χ1n) is 27.2. The highest BCUT2D eigenvalue weighted by Gasteiger charge is 2.26. The Morgan fingerprint density at radius 2 is 0.556 bits per heavy atom. The summed E-state index contributed by atoms with van der Waals surface area (Å²) in [4.78, 5) is 5.03. The Balaban J connectivity index is 1.31. The lowest BCUT2D eigenvalue weighted by Crippen LogP contribution is -2.12. The van der Waals surface area contributed by atoms with Gasteiger partial charge in [0.25, 0.3) is 0 Å². The van der Waals surface area contributed by atoms with E-state index in [1.807, 2.05) is 0 Å². The maximum absolute atomic E-state index is 2.52. The van der Waals surface area contributed by atoms with E-state index < -0.39 is 0 Å². The molecule has 0 spiro atoms. The number of anilines is 6. The second-order valence-corrected chi connectivity index (χ2v) is 20.4. The van der Waals surface area contributed by atoms with Crippen molar-refractivity contribution < 1.29 is 0 Å². The van der Waals surface area contributed by atoms with Crippen LogP contribution in [0.4, 0.5) is 34.1 Å². The molecular formula is C70H72N2. The molecule has 0 saturated heterocycles. The minimum Gasteiger partial charge on any atom is -0.310 e. The van der Waals surface area contributed by atoms with Crippen LogP contribution in [0, 0.1) is 13.8 Å². The van der Waals surface area contributed by atoms with Crippen LogP contribution in [0.25, 0.3) is 54.6 Å². The van der Waals surface area contributed by atoms with Crippen LogP contribution in [0.1, 0.15) is 112 Å². The summed E-state index contributed by atoms with van der Waals surface area (Å²) in [5.74, 6) is 0. The van der Waals surface area contributed by atoms with Gasteiger partial charge in [0.15, 0.2) is 0 Å². The van der Waals surface area contributed by atoms with Crippen molar-refractivity contribution in [3.63, 3.8) is 0 Å². The summed E-state index contributed by atoms with van der Waals surface area (Å²) >= 11 is 0. The standard InChI is InChI=1S/C70H72N2/c1-7-11-15-51-23-31-55(32-24-51)65-47-67(71(57-35-19-49(5)20-36-57)59-39-27-53(28-40-59)17-13-9-3)63-46-44-62-66(56-33-25-52(26-34-56)16-12-8-2)48-68(64-45-43-61(65)69(63)70(62)64)72(58-37-21-50(6)22-38-58)60-41-29-54(30-42-60)18-14-10-4/h19-48H,7-18H2,1-6H3. The average Bonchev–Trinajstić information content (AvgIpc) is 3.42. The fourth-order valence-electron chi connectivity index (χ4n) is 10.9. The zero-order chi connectivity index (χ0) is 49.6. The minimum absolute atomic E-state index is 1.09. The molecule has 0 bridgehead atoms. The van der Waals surface area contributed by atoms with Crippen molar-refractivity contribution >= 4 is 66.4 Å². The molecule has 0 amide bonds. The fourth-order valence-corrected chi connectivity index (χ4v) is 10.9. The second kappa shape index (κ2) is 22.1. The number of hydrogen-bond acceptors (Lipinski definition) is 2. The van der Waals surface area contributed by atoms with E-state index in [0.29, 0.717) is 0 Å². The van der Waals surface area contributed by atoms with Crippen molar-refractivity contribution in [2.75, 3.05) is 9.80 Å². The summed E-state index contributed by atoms with van der Waals surface area (Å²) < 4.78 is 0. The molecule has 0 aliphatic rings. The lowest BCUT2D eigenvalue weighted by molar-refractivity contribution is 0.795. The van der Waals surface area contributed by atoms with Crippen molar-refractivity contribution in [1.82, 2.24) is 0 Å². The molecule has 0 aromatic heterocycles. The molecule has 10 aromatic rings. The Labute approximate surface area is 430 Å². The number of unbranched alkanes of at least 4 members (excludes halogenated alkanes) is 4. The molecule has 10 aromatic carbocycles. The Morgan fingerprint density at radius 3 is 0.847 bits per heavy atom. The number of nitrogens with zero attached hydrogens (tertiary/aromatic N) is 2. The van der Waals surface area contributed by atoms with Gasteiger partial charge >= 0.3 is 0 Å². The van der Waals surface area contributed by atoms with Crippen molar-refractivity contribution in [1.29, 1.82) is 0 Å². The SMILES string of the molecule is CCCCc1ccc(-c2cc(N(c3ccc(C)cc3)c3ccc(CCCC)cc3)c3ccc4c(-c5ccc(CCCC)cc5)cc(N(c5ccc(C)cc5)c5ccc(CCCC)cc5)c5ccc2c3c45)cc1. The van der Waals surface area contributed by atoms with E-state index in [0.717, 1.165) is 48.4 Å². The van der Waals surface area contributed by atoms with Crippen LogP contribution in [-0.4, -0.2) is 0 Å². The Morgan fingerprint density at radius 1 is 0.292 bits per heavy atom. The normalized spacial score (nSPS) is 11.6. The summed E-state index contributed by atoms with van der Waals surface area (Å²) in [5.41, 5.74) is 20.0. The summed E-state index contributed by atoms with van der Waals surface area (Å²) in [6, 6.07) is 70.6. The summed E-state index contributed by atoms with van der Waals surface area (Å²) in [7, 11) is 0. The third-order valence-electron chi connectivity index (χ3n) is 15.1. The first-order valence-corrected chi connectivity index (χ1v) is 27.2. The van der Waals surface area contributed by atoms with E-state index in [9.17, 15) is 0 Å². The summed E-state index contributed by atoms with van der Waals surface area (Å²) in [6.07, 6.45) is 13.9. The van der Waals surface area contributed by atoms with Crippen LogP contribution in [-0.2, 0) is 25.7 Å². The third-order valence-corrected chi connectivity index (χ3v) is 15.1. The van der Waals surface area contributed by atoms with E-state index in [1.165, 1.54) is 151 Å². The number of aryl methyl sites for hydroxylation is 6. The van der Waals surface area contributed by atoms with Crippen molar-refractivity contribution in [2.24, 2.45) is 0 Å². The number of hydrogen-bond donors (Lipinski definition) is 0. The predicted octanol–water partition coefficient (Wildman–Crippen LogP) is 20.8. The molecule has 0 aliphatic heterocycles. The number of rotatable bonds is 20. The van der Waals surface area contributed by atoms with E-state index >= 15 is 0 Å². The van der Waals surface area contributed by atoms with Gasteiger partial charge in [0.1, 0.15) is 0 Å². The quantitative estimate of drug-likeness (QED) is 0.0703. The van der Waals surface area contributed by atoms with Crippen LogP contribution >= 0.6 is 0 Å². The molecule has 0 atom stereocenters. The van der Waals surface area contributed by atoms with Crippen LogP contribution < -0.4 is 9.80 Å². The van der Waals surface area contributed by atoms with Gasteiger partial charge < -0.3 is 9.80 Å². The van der Waals surface area contributed by atoms with Gasteiger partial charge in [-0.1, -0.05) is 186 Å². The highest BCUT2D eigenvalue weighted by Crippen LogP contribution is 2.52. The molecule has 0 N–H and O–H groups in total. The maximum Gasteiger partial charge on any atom is 0.0546 e. The molecular weight excluding hydrogens is 869 g/mol. The molecule has 2 heteroatoms. The molecule has 0 saturated carbocycles. The monoisotopic (exact) mass is 941 g/mol. The van der Waals surface area contributed by atoms with Crippen LogP contribution in [0.5, 0.6) is 0 Å². The molecule has 2 nitrogen and oxygen atoms in total. The molecule has 0 aliphatic carbocycles. The molecule has 0 unspecified atom stereocenters. The molecule has 0 radical (unpaired) electrons. The van der Waals surface area contributed by atoms with Gasteiger partial charge in [0, 0.05) is 44.3 Å². The highest BCUT2D eigenvalue weighted by molar-refractivity contribution is 6.32. The molecule has 0 heterocycles. The lowest BCUT2D eigenvalue weighted by atomic mass is 9.85. The Hall–Kier alpha value is -7.16. The molecule has 0 fully saturated rings. The Bertz CT molecular complexity index is 3130. The molecule has 72 heavy (non-hydrogen) atoms. The van der Waals surface area contributed by atoms with E-state index in [-0.39, 0.29) is 0 Å². The van der Waals surface area contributed by atoms with Gasteiger partial charge in [0.2, 0.25) is 0 Å². The second-order valence-electron chi connectivity index (χ2n) is 20.4. The van der Waals surface area contributed by atoms with Crippen molar-refractivity contribution in [3.8, 4) is 22.3 Å². The number of benzene rings is 10. The van der Waals surface area contributed by atoms with Crippen molar-refractivity contribution in [2.45, 2.75) is 119 Å². The smallest absolute Gasteiger partial charge is 0.0546 e. The minimum atomic E-state index is 1.09. The zero-order valence-corrected chi connectivity index (χ0v) is 43.7. The van der Waals surface area contributed by atoms with Gasteiger partial charge in [-0.3, -0.25) is 0 Å². The third kappa shape index (κ3) is 10.0. The van der Waals surface area contributed by atoms with Crippen LogP contribution in [0.2, 0.25) is 0 Å². The van der Waals surface area contributed by atoms with Gasteiger partial charge in [-0.15, -0.1) is 0 Å². The van der Waals surface area contributed by atoms with Gasteiger partial charge in [-0.2, -0.15) is 0 Å².